The van der Waals surface area contributed by atoms with Crippen molar-refractivity contribution in [1.29, 1.82) is 0 Å². The van der Waals surface area contributed by atoms with E-state index in [0.29, 0.717) is 30.8 Å². The largest absolute Gasteiger partial charge is 0.494 e. The van der Waals surface area contributed by atoms with Gasteiger partial charge in [0.1, 0.15) is 5.75 Å². The number of aryl methyl sites for hydroxylation is 1. The minimum atomic E-state index is -0.579. The van der Waals surface area contributed by atoms with Crippen molar-refractivity contribution in [3.8, 4) is 5.75 Å². The van der Waals surface area contributed by atoms with Crippen LogP contribution in [0.1, 0.15) is 55.6 Å². The van der Waals surface area contributed by atoms with Crippen LogP contribution in [0.25, 0.3) is 0 Å². The number of aromatic nitrogens is 1. The smallest absolute Gasteiger partial charge is 0.314 e. The molecule has 3 heterocycles. The third-order valence-electron chi connectivity index (χ3n) is 5.74. The summed E-state index contributed by atoms with van der Waals surface area (Å²) in [6, 6.07) is 1.74. The van der Waals surface area contributed by atoms with Crippen LogP contribution in [-0.4, -0.2) is 47.6 Å². The molecule has 0 unspecified atom stereocenters. The highest BCUT2D eigenvalue weighted by Crippen LogP contribution is 2.53. The van der Waals surface area contributed by atoms with Crippen LogP contribution >= 0.6 is 0 Å². The molecule has 3 rings (SSSR count). The molecule has 0 N–H and O–H groups in total. The van der Waals surface area contributed by atoms with Crippen LogP contribution in [0.4, 0.5) is 0 Å². The Morgan fingerprint density at radius 3 is 2.76 bits per heavy atom. The van der Waals surface area contributed by atoms with E-state index in [-0.39, 0.29) is 24.0 Å². The van der Waals surface area contributed by atoms with E-state index in [1.54, 1.807) is 12.3 Å². The molecule has 0 saturated carbocycles. The molecule has 2 fully saturated rings. The number of methoxy groups -OCH3 is 1. The minimum Gasteiger partial charge on any atom is -0.494 e. The number of pyridine rings is 1. The number of carbonyl (C=O) groups is 2. The summed E-state index contributed by atoms with van der Waals surface area (Å²) in [4.78, 5) is 32.1. The molecule has 1 aromatic rings. The third-order valence-corrected chi connectivity index (χ3v) is 5.74. The molecular formula is C19H26N2O4. The van der Waals surface area contributed by atoms with Gasteiger partial charge in [-0.1, -0.05) is 6.92 Å². The first-order chi connectivity index (χ1) is 12.0. The van der Waals surface area contributed by atoms with Crippen molar-refractivity contribution in [2.75, 3.05) is 13.7 Å². The predicted octanol–water partition coefficient (Wildman–Crippen LogP) is 2.74. The first-order valence-electron chi connectivity index (χ1n) is 8.99. The molecule has 2 bridgehead atoms. The molecule has 0 radical (unpaired) electrons. The quantitative estimate of drug-likeness (QED) is 0.767. The highest BCUT2D eigenvalue weighted by molar-refractivity contribution is 5.98. The van der Waals surface area contributed by atoms with Crippen LogP contribution in [-0.2, 0) is 9.53 Å². The maximum absolute atomic E-state index is 13.3. The molecule has 3 atom stereocenters. The summed E-state index contributed by atoms with van der Waals surface area (Å²) in [6.07, 6.45) is 4.73. The van der Waals surface area contributed by atoms with Crippen molar-refractivity contribution in [2.24, 2.45) is 5.41 Å². The fraction of sp³-hybridized carbons (Fsp3) is 0.632. The van der Waals surface area contributed by atoms with E-state index in [9.17, 15) is 9.59 Å². The maximum Gasteiger partial charge on any atom is 0.314 e. The second-order valence-corrected chi connectivity index (χ2v) is 6.92. The van der Waals surface area contributed by atoms with E-state index in [1.165, 1.54) is 7.11 Å². The number of hydrogen-bond donors (Lipinski definition) is 0. The van der Waals surface area contributed by atoms with Crippen molar-refractivity contribution in [3.63, 3.8) is 0 Å². The summed E-state index contributed by atoms with van der Waals surface area (Å²) in [5, 5.41) is 0. The van der Waals surface area contributed by atoms with Gasteiger partial charge < -0.3 is 14.4 Å². The highest BCUT2D eigenvalue weighted by Gasteiger charge is 2.61. The molecule has 2 aliphatic rings. The molecule has 6 heteroatoms. The van der Waals surface area contributed by atoms with Gasteiger partial charge in [-0.3, -0.25) is 14.6 Å². The average Bonchev–Trinajstić information content (AvgIpc) is 3.17. The summed E-state index contributed by atoms with van der Waals surface area (Å²) >= 11 is 0. The van der Waals surface area contributed by atoms with Gasteiger partial charge in [0, 0.05) is 17.8 Å². The Hall–Kier alpha value is -2.11. The molecule has 6 nitrogen and oxygen atoms in total. The van der Waals surface area contributed by atoms with Crippen LogP contribution in [0.5, 0.6) is 5.75 Å². The first-order valence-corrected chi connectivity index (χ1v) is 8.99. The number of hydrogen-bond acceptors (Lipinski definition) is 5. The van der Waals surface area contributed by atoms with Gasteiger partial charge in [-0.05, 0) is 45.6 Å². The van der Waals surface area contributed by atoms with Gasteiger partial charge in [-0.25, -0.2) is 0 Å². The van der Waals surface area contributed by atoms with Crippen molar-refractivity contribution in [3.05, 3.63) is 23.5 Å². The normalized spacial score (nSPS) is 27.4. The standard InChI is InChI=1S/C19H26N2O4/c1-5-19(18(23)25-6-2)10-13-7-8-16(19)21(13)17(22)14-9-12(3)20-11-15(14)24-4/h9,11,13,16H,5-8,10H2,1-4H3/t13-,16+,19+/m1/s1. The molecule has 1 amide bonds. The van der Waals surface area contributed by atoms with Crippen LogP contribution in [0.3, 0.4) is 0 Å². The fourth-order valence-electron chi connectivity index (χ4n) is 4.52. The number of rotatable bonds is 5. The topological polar surface area (TPSA) is 68.7 Å². The molecule has 0 aliphatic carbocycles. The van der Waals surface area contributed by atoms with Crippen molar-refractivity contribution in [2.45, 2.75) is 58.5 Å². The average molecular weight is 346 g/mol. The van der Waals surface area contributed by atoms with Gasteiger partial charge in [-0.2, -0.15) is 0 Å². The highest BCUT2D eigenvalue weighted by atomic mass is 16.5. The Kier molecular flexibility index (Phi) is 4.71. The van der Waals surface area contributed by atoms with E-state index < -0.39 is 5.41 Å². The monoisotopic (exact) mass is 346 g/mol. The third kappa shape index (κ3) is 2.68. The van der Waals surface area contributed by atoms with Crippen molar-refractivity contribution in [1.82, 2.24) is 9.88 Å². The second-order valence-electron chi connectivity index (χ2n) is 6.92. The lowest BCUT2D eigenvalue weighted by Gasteiger charge is -2.34. The summed E-state index contributed by atoms with van der Waals surface area (Å²) < 4.78 is 10.7. The minimum absolute atomic E-state index is 0.0746. The summed E-state index contributed by atoms with van der Waals surface area (Å²) in [6.45, 7) is 6.05. The maximum atomic E-state index is 13.3. The molecule has 0 aromatic carbocycles. The van der Waals surface area contributed by atoms with E-state index in [1.807, 2.05) is 25.7 Å². The summed E-state index contributed by atoms with van der Waals surface area (Å²) in [5.41, 5.74) is 0.703. The van der Waals surface area contributed by atoms with E-state index in [0.717, 1.165) is 18.5 Å². The van der Waals surface area contributed by atoms with Crippen LogP contribution in [0.15, 0.2) is 12.3 Å². The van der Waals surface area contributed by atoms with E-state index >= 15 is 0 Å². The molecule has 1 aromatic heterocycles. The Bertz CT molecular complexity index is 690. The molecule has 2 saturated heterocycles. The number of esters is 1. The number of amides is 1. The first kappa shape index (κ1) is 17.7. The van der Waals surface area contributed by atoms with Gasteiger partial charge >= 0.3 is 5.97 Å². The zero-order valence-electron chi connectivity index (χ0n) is 15.4. The van der Waals surface area contributed by atoms with Crippen LogP contribution < -0.4 is 4.74 Å². The zero-order chi connectivity index (χ0) is 18.2. The van der Waals surface area contributed by atoms with E-state index in [2.05, 4.69) is 4.98 Å². The van der Waals surface area contributed by atoms with E-state index in [4.69, 9.17) is 9.47 Å². The van der Waals surface area contributed by atoms with Crippen molar-refractivity contribution < 1.29 is 19.1 Å². The fourth-order valence-corrected chi connectivity index (χ4v) is 4.52. The Labute approximate surface area is 148 Å². The lowest BCUT2D eigenvalue weighted by molar-refractivity contribution is -0.157. The Balaban J connectivity index is 1.95. The lowest BCUT2D eigenvalue weighted by Crippen LogP contribution is -2.45. The molecule has 0 spiro atoms. The Morgan fingerprint density at radius 2 is 2.12 bits per heavy atom. The number of carbonyl (C=O) groups excluding carboxylic acids is 2. The van der Waals surface area contributed by atoms with Gasteiger partial charge in [0.05, 0.1) is 30.9 Å². The number of ether oxygens (including phenoxy) is 2. The summed E-state index contributed by atoms with van der Waals surface area (Å²) in [7, 11) is 1.54. The van der Waals surface area contributed by atoms with Gasteiger partial charge in [0.25, 0.3) is 5.91 Å². The molecule has 136 valence electrons. The van der Waals surface area contributed by atoms with Gasteiger partial charge in [0.15, 0.2) is 0 Å². The van der Waals surface area contributed by atoms with Crippen LogP contribution in [0.2, 0.25) is 0 Å². The van der Waals surface area contributed by atoms with Gasteiger partial charge in [-0.15, -0.1) is 0 Å². The lowest BCUT2D eigenvalue weighted by atomic mass is 9.72. The van der Waals surface area contributed by atoms with Gasteiger partial charge in [0.2, 0.25) is 0 Å². The molecule has 2 aliphatic heterocycles. The van der Waals surface area contributed by atoms with Crippen LogP contribution in [0, 0.1) is 12.3 Å². The molecular weight excluding hydrogens is 320 g/mol. The number of nitrogens with zero attached hydrogens (tertiary/aromatic N) is 2. The second kappa shape index (κ2) is 6.65. The summed E-state index contributed by atoms with van der Waals surface area (Å²) in [5.74, 6) is 0.231. The Morgan fingerprint density at radius 1 is 1.36 bits per heavy atom. The zero-order valence-corrected chi connectivity index (χ0v) is 15.4. The molecule has 25 heavy (non-hydrogen) atoms. The SMILES string of the molecule is CCOC(=O)[C@@]1(CC)C[C@H]2CC[C@@H]1N2C(=O)c1cc(C)ncc1OC. The number of fused-ring (bicyclic) bond motifs is 2. The van der Waals surface area contributed by atoms with Crippen molar-refractivity contribution >= 4 is 11.9 Å². The predicted molar refractivity (Wildman–Crippen MR) is 92.5 cm³/mol.